The molecule has 180 valence electrons. The molecule has 2 fully saturated rings. The van der Waals surface area contributed by atoms with Crippen molar-refractivity contribution in [2.75, 3.05) is 32.8 Å². The second-order valence-electron chi connectivity index (χ2n) is 9.20. The first-order valence-electron chi connectivity index (χ1n) is 12.1. The third-order valence-corrected chi connectivity index (χ3v) is 7.04. The second-order valence-corrected chi connectivity index (χ2v) is 9.20. The van der Waals surface area contributed by atoms with E-state index in [0.29, 0.717) is 45.3 Å². The zero-order valence-corrected chi connectivity index (χ0v) is 19.6. The lowest BCUT2D eigenvalue weighted by atomic mass is 9.90. The van der Waals surface area contributed by atoms with Gasteiger partial charge in [0.2, 0.25) is 0 Å². The van der Waals surface area contributed by atoms with Crippen LogP contribution in [0.5, 0.6) is 6.01 Å². The number of carbonyl (C=O) groups excluding carboxylic acids is 1. The highest BCUT2D eigenvalue weighted by molar-refractivity contribution is 5.85. The number of rotatable bonds is 6. The van der Waals surface area contributed by atoms with Gasteiger partial charge < -0.3 is 9.64 Å². The summed E-state index contributed by atoms with van der Waals surface area (Å²) in [5.41, 5.74) is 1.21. The molecular weight excluding hydrogens is 435 g/mol. The van der Waals surface area contributed by atoms with Crippen molar-refractivity contribution in [3.05, 3.63) is 48.3 Å². The van der Waals surface area contributed by atoms with Gasteiger partial charge in [-0.15, -0.1) is 0 Å². The van der Waals surface area contributed by atoms with Crippen LogP contribution in [0.4, 0.5) is 4.39 Å². The van der Waals surface area contributed by atoms with Crippen molar-refractivity contribution in [2.24, 2.45) is 0 Å². The highest BCUT2D eigenvalue weighted by Crippen LogP contribution is 2.35. The largest absolute Gasteiger partial charge is 0.465 e. The van der Waals surface area contributed by atoms with Gasteiger partial charge in [-0.2, -0.15) is 15.2 Å². The van der Waals surface area contributed by atoms with E-state index in [1.165, 1.54) is 0 Å². The van der Waals surface area contributed by atoms with Crippen molar-refractivity contribution in [1.29, 1.82) is 0 Å². The first-order chi connectivity index (χ1) is 16.6. The maximum Gasteiger partial charge on any atom is 0.297 e. The molecule has 4 heterocycles. The fraction of sp³-hybridized carbons (Fsp3) is 0.520. The molecule has 0 atom stereocenters. The Labute approximate surface area is 198 Å². The number of fused-ring (bicyclic) bond motifs is 1. The van der Waals surface area contributed by atoms with Crippen LogP contribution in [-0.4, -0.2) is 73.9 Å². The van der Waals surface area contributed by atoms with E-state index >= 15 is 4.39 Å². The van der Waals surface area contributed by atoms with E-state index in [0.717, 1.165) is 29.4 Å². The minimum Gasteiger partial charge on any atom is -0.465 e. The molecule has 34 heavy (non-hydrogen) atoms. The molecule has 0 radical (unpaired) electrons. The summed E-state index contributed by atoms with van der Waals surface area (Å²) in [6.45, 7) is 5.38. The molecule has 0 spiro atoms. The Hall–Kier alpha value is -3.07. The van der Waals surface area contributed by atoms with E-state index in [9.17, 15) is 4.79 Å². The quantitative estimate of drug-likeness (QED) is 0.554. The number of amides is 1. The van der Waals surface area contributed by atoms with Gasteiger partial charge in [0.05, 0.1) is 23.8 Å². The Morgan fingerprint density at radius 2 is 1.88 bits per heavy atom. The zero-order chi connectivity index (χ0) is 23.5. The van der Waals surface area contributed by atoms with Gasteiger partial charge in [0.25, 0.3) is 11.9 Å². The van der Waals surface area contributed by atoms with Crippen LogP contribution in [0.3, 0.4) is 0 Å². The molecule has 0 N–H and O–H groups in total. The molecule has 8 nitrogen and oxygen atoms in total. The number of benzene rings is 1. The van der Waals surface area contributed by atoms with Crippen molar-refractivity contribution in [2.45, 2.75) is 50.9 Å². The maximum atomic E-state index is 15.7. The number of hydrogen-bond donors (Lipinski definition) is 0. The van der Waals surface area contributed by atoms with Crippen molar-refractivity contribution in [3.8, 4) is 6.01 Å². The summed E-state index contributed by atoms with van der Waals surface area (Å²) in [4.78, 5) is 21.7. The van der Waals surface area contributed by atoms with Crippen molar-refractivity contribution >= 4 is 16.9 Å². The number of hydrogen-bond acceptors (Lipinski definition) is 6. The number of piperidine rings is 2. The number of aromatic nitrogens is 4. The van der Waals surface area contributed by atoms with E-state index < -0.39 is 5.67 Å². The van der Waals surface area contributed by atoms with Crippen LogP contribution >= 0.6 is 0 Å². The van der Waals surface area contributed by atoms with E-state index in [1.54, 1.807) is 17.3 Å². The minimum absolute atomic E-state index is 0.171. The predicted molar refractivity (Wildman–Crippen MR) is 126 cm³/mol. The smallest absolute Gasteiger partial charge is 0.297 e. The first kappa shape index (κ1) is 22.7. The lowest BCUT2D eigenvalue weighted by molar-refractivity contribution is -0.148. The molecule has 2 aliphatic rings. The monoisotopic (exact) mass is 466 g/mol. The lowest BCUT2D eigenvalue weighted by Gasteiger charge is -2.40. The lowest BCUT2D eigenvalue weighted by Crippen LogP contribution is -2.53. The second kappa shape index (κ2) is 9.66. The Morgan fingerprint density at radius 1 is 1.12 bits per heavy atom. The van der Waals surface area contributed by atoms with Crippen LogP contribution in [-0.2, 0) is 11.3 Å². The highest BCUT2D eigenvalue weighted by atomic mass is 19.1. The summed E-state index contributed by atoms with van der Waals surface area (Å²) in [7, 11) is 0. The summed E-state index contributed by atoms with van der Waals surface area (Å²) < 4.78 is 23.7. The normalized spacial score (nSPS) is 19.4. The maximum absolute atomic E-state index is 15.7. The number of para-hydroxylation sites is 2. The van der Waals surface area contributed by atoms with E-state index in [1.807, 2.05) is 31.2 Å². The fourth-order valence-electron chi connectivity index (χ4n) is 5.17. The fourth-order valence-corrected chi connectivity index (χ4v) is 5.17. The number of halogens is 1. The first-order valence-corrected chi connectivity index (χ1v) is 12.1. The van der Waals surface area contributed by atoms with Crippen molar-refractivity contribution in [3.63, 3.8) is 0 Å². The molecule has 0 aliphatic carbocycles. The van der Waals surface area contributed by atoms with Crippen LogP contribution in [0.2, 0.25) is 0 Å². The standard InChI is InChI=1S/C25H31FN6O2/c1-2-34-24-29-21-5-3-4-6-22(21)32(24)20-8-13-31(14-9-20)23(33)25(26)10-15-30(16-11-25)18-19-7-12-27-28-17-19/h3-7,12,17,20H,2,8-11,13-16,18H2,1H3. The predicted octanol–water partition coefficient (Wildman–Crippen LogP) is 3.39. The number of likely N-dealkylation sites (tertiary alicyclic amines) is 2. The zero-order valence-electron chi connectivity index (χ0n) is 19.6. The van der Waals surface area contributed by atoms with Crippen molar-refractivity contribution in [1.82, 2.24) is 29.5 Å². The molecule has 2 saturated heterocycles. The number of ether oxygens (including phenoxy) is 1. The molecule has 9 heteroatoms. The minimum atomic E-state index is -1.78. The Bertz CT molecular complexity index is 1120. The Balaban J connectivity index is 1.20. The number of nitrogens with zero attached hydrogens (tertiary/aromatic N) is 6. The molecule has 1 aromatic carbocycles. The summed E-state index contributed by atoms with van der Waals surface area (Å²) in [5, 5.41) is 7.70. The molecule has 0 unspecified atom stereocenters. The SMILES string of the molecule is CCOc1nc2ccccc2n1C1CCN(C(=O)C2(F)CCN(Cc3ccnnc3)CC2)CC1. The third-order valence-electron chi connectivity index (χ3n) is 7.04. The van der Waals surface area contributed by atoms with Crippen LogP contribution in [0, 0.1) is 0 Å². The summed E-state index contributed by atoms with van der Waals surface area (Å²) >= 11 is 0. The van der Waals surface area contributed by atoms with Gasteiger partial charge in [0, 0.05) is 57.8 Å². The number of imidazole rings is 1. The van der Waals surface area contributed by atoms with Crippen LogP contribution in [0.15, 0.2) is 42.7 Å². The number of carbonyl (C=O) groups is 1. The summed E-state index contributed by atoms with van der Waals surface area (Å²) in [5.74, 6) is -0.350. The van der Waals surface area contributed by atoms with Gasteiger partial charge in [-0.3, -0.25) is 14.3 Å². The van der Waals surface area contributed by atoms with Crippen LogP contribution < -0.4 is 4.74 Å². The molecule has 0 bridgehead atoms. The third kappa shape index (κ3) is 4.49. The Morgan fingerprint density at radius 3 is 2.59 bits per heavy atom. The van der Waals surface area contributed by atoms with Crippen LogP contribution in [0.1, 0.15) is 44.2 Å². The van der Waals surface area contributed by atoms with Gasteiger partial charge in [-0.05, 0) is 43.5 Å². The molecule has 1 amide bonds. The molecule has 5 rings (SSSR count). The average Bonchev–Trinajstić information content (AvgIpc) is 3.24. The molecule has 0 saturated carbocycles. The summed E-state index contributed by atoms with van der Waals surface area (Å²) in [6.07, 6.45) is 5.35. The molecule has 3 aromatic rings. The Kier molecular flexibility index (Phi) is 6.45. The van der Waals surface area contributed by atoms with Crippen molar-refractivity contribution < 1.29 is 13.9 Å². The summed E-state index contributed by atoms with van der Waals surface area (Å²) in [6, 6.07) is 10.7. The van der Waals surface area contributed by atoms with Gasteiger partial charge >= 0.3 is 0 Å². The van der Waals surface area contributed by atoms with E-state index in [2.05, 4.69) is 30.7 Å². The van der Waals surface area contributed by atoms with E-state index in [4.69, 9.17) is 4.74 Å². The van der Waals surface area contributed by atoms with Gasteiger partial charge in [0.15, 0.2) is 5.67 Å². The number of alkyl halides is 1. The molecular formula is C25H31FN6O2. The topological polar surface area (TPSA) is 76.4 Å². The van der Waals surface area contributed by atoms with E-state index in [-0.39, 0.29) is 24.8 Å². The molecule has 2 aliphatic heterocycles. The van der Waals surface area contributed by atoms with Gasteiger partial charge in [0.1, 0.15) is 0 Å². The highest BCUT2D eigenvalue weighted by Gasteiger charge is 2.45. The van der Waals surface area contributed by atoms with Gasteiger partial charge in [-0.1, -0.05) is 12.1 Å². The average molecular weight is 467 g/mol. The van der Waals surface area contributed by atoms with Gasteiger partial charge in [-0.25, -0.2) is 4.39 Å². The van der Waals surface area contributed by atoms with Crippen LogP contribution in [0.25, 0.3) is 11.0 Å². The molecule has 2 aromatic heterocycles.